The Labute approximate surface area is 125 Å². The maximum atomic E-state index is 11.7. The summed E-state index contributed by atoms with van der Waals surface area (Å²) in [6, 6.07) is 0. The Morgan fingerprint density at radius 1 is 1.05 bits per heavy atom. The van der Waals surface area contributed by atoms with E-state index >= 15 is 0 Å². The van der Waals surface area contributed by atoms with E-state index in [9.17, 15) is 14.4 Å². The number of alkyl carbamates (subject to hydrolysis) is 1. The fourth-order valence-electron chi connectivity index (χ4n) is 1.47. The Morgan fingerprint density at radius 2 is 1.62 bits per heavy atom. The van der Waals surface area contributed by atoms with Gasteiger partial charge in [0.1, 0.15) is 11.1 Å². The van der Waals surface area contributed by atoms with Gasteiger partial charge in [0.05, 0.1) is 7.11 Å². The molecule has 2 amide bonds. The van der Waals surface area contributed by atoms with Crippen molar-refractivity contribution in [3.05, 3.63) is 0 Å². The van der Waals surface area contributed by atoms with Crippen molar-refractivity contribution in [2.45, 2.75) is 58.6 Å². The Morgan fingerprint density at radius 3 is 2.10 bits per heavy atom. The van der Waals surface area contributed by atoms with Crippen LogP contribution in [0.3, 0.4) is 0 Å². The van der Waals surface area contributed by atoms with E-state index in [1.807, 2.05) is 0 Å². The quantitative estimate of drug-likeness (QED) is 0.571. The summed E-state index contributed by atoms with van der Waals surface area (Å²) in [6.45, 7) is 8.77. The maximum Gasteiger partial charge on any atom is 0.407 e. The lowest BCUT2D eigenvalue weighted by atomic mass is 10.1. The van der Waals surface area contributed by atoms with Gasteiger partial charge in [-0.25, -0.2) is 9.59 Å². The predicted octanol–water partition coefficient (Wildman–Crippen LogP) is 1.36. The Balaban J connectivity index is 3.96. The number of rotatable bonds is 6. The van der Waals surface area contributed by atoms with Crippen LogP contribution < -0.4 is 10.6 Å². The minimum Gasteiger partial charge on any atom is -0.467 e. The first-order valence-corrected chi connectivity index (χ1v) is 6.84. The van der Waals surface area contributed by atoms with Gasteiger partial charge in [0.15, 0.2) is 0 Å². The third-order valence-corrected chi connectivity index (χ3v) is 2.40. The van der Waals surface area contributed by atoms with Gasteiger partial charge in [-0.3, -0.25) is 4.79 Å². The molecule has 2 N–H and O–H groups in total. The summed E-state index contributed by atoms with van der Waals surface area (Å²) in [5.74, 6) is -0.792. The molecule has 0 saturated heterocycles. The molecule has 0 aliphatic carbocycles. The van der Waals surface area contributed by atoms with Gasteiger partial charge >= 0.3 is 12.1 Å². The Hall–Kier alpha value is -1.79. The molecular formula is C14H26N2O5. The van der Waals surface area contributed by atoms with E-state index in [1.54, 1.807) is 34.6 Å². The number of hydrogen-bond donors (Lipinski definition) is 2. The largest absolute Gasteiger partial charge is 0.467 e. The van der Waals surface area contributed by atoms with Crippen molar-refractivity contribution in [2.75, 3.05) is 13.7 Å². The van der Waals surface area contributed by atoms with Gasteiger partial charge in [-0.2, -0.15) is 0 Å². The van der Waals surface area contributed by atoms with Crippen LogP contribution in [0.25, 0.3) is 0 Å². The zero-order valence-corrected chi connectivity index (χ0v) is 13.7. The molecule has 0 rings (SSSR count). The first kappa shape index (κ1) is 19.2. The number of carbonyl (C=O) groups is 3. The molecule has 0 aromatic rings. The van der Waals surface area contributed by atoms with Crippen LogP contribution in [0.1, 0.15) is 47.5 Å². The van der Waals surface area contributed by atoms with Crippen LogP contribution in [0, 0.1) is 0 Å². The zero-order chi connectivity index (χ0) is 16.7. The van der Waals surface area contributed by atoms with Crippen LogP contribution >= 0.6 is 0 Å². The lowest BCUT2D eigenvalue weighted by Crippen LogP contribution is -2.50. The van der Waals surface area contributed by atoms with Gasteiger partial charge in [0.2, 0.25) is 5.91 Å². The molecule has 122 valence electrons. The number of hydrogen-bond acceptors (Lipinski definition) is 5. The maximum absolute atomic E-state index is 11.7. The van der Waals surface area contributed by atoms with Crippen LogP contribution in [0.15, 0.2) is 0 Å². The molecule has 0 aromatic heterocycles. The standard InChI is InChI=1S/C14H26N2O5/c1-13(2,3)21-12(19)15-9-7-8-10(17)16-14(4,5)11(18)20-6/h7-9H2,1-6H3,(H,15,19)(H,16,17). The second-order valence-electron chi connectivity index (χ2n) is 6.20. The summed E-state index contributed by atoms with van der Waals surface area (Å²) in [7, 11) is 1.26. The molecule has 0 unspecified atom stereocenters. The summed E-state index contributed by atoms with van der Waals surface area (Å²) in [4.78, 5) is 34.5. The molecule has 0 aliphatic rings. The molecule has 0 fully saturated rings. The molecule has 0 saturated carbocycles. The first-order chi connectivity index (χ1) is 9.48. The van der Waals surface area contributed by atoms with Gasteiger partial charge in [0, 0.05) is 13.0 Å². The van der Waals surface area contributed by atoms with E-state index in [-0.39, 0.29) is 12.3 Å². The summed E-state index contributed by atoms with van der Waals surface area (Å²) in [5.41, 5.74) is -1.61. The van der Waals surface area contributed by atoms with Crippen LogP contribution in [0.4, 0.5) is 4.79 Å². The van der Waals surface area contributed by atoms with Crippen molar-refractivity contribution >= 4 is 18.0 Å². The van der Waals surface area contributed by atoms with Crippen molar-refractivity contribution in [1.29, 1.82) is 0 Å². The van der Waals surface area contributed by atoms with E-state index in [0.29, 0.717) is 13.0 Å². The third kappa shape index (κ3) is 8.88. The minimum atomic E-state index is -1.07. The van der Waals surface area contributed by atoms with Crippen molar-refractivity contribution in [3.63, 3.8) is 0 Å². The van der Waals surface area contributed by atoms with Gasteiger partial charge in [-0.1, -0.05) is 0 Å². The number of carbonyl (C=O) groups excluding carboxylic acids is 3. The molecule has 7 nitrogen and oxygen atoms in total. The van der Waals surface area contributed by atoms with Crippen LogP contribution in [-0.4, -0.2) is 42.8 Å². The second kappa shape index (κ2) is 7.85. The van der Waals surface area contributed by atoms with Crippen molar-refractivity contribution in [2.24, 2.45) is 0 Å². The summed E-state index contributed by atoms with van der Waals surface area (Å²) < 4.78 is 9.65. The summed E-state index contributed by atoms with van der Waals surface area (Å²) in [6.07, 6.45) is 0.122. The van der Waals surface area contributed by atoms with Gasteiger partial charge in [-0.05, 0) is 41.0 Å². The third-order valence-electron chi connectivity index (χ3n) is 2.40. The van der Waals surface area contributed by atoms with Crippen LogP contribution in [0.5, 0.6) is 0 Å². The molecular weight excluding hydrogens is 276 g/mol. The first-order valence-electron chi connectivity index (χ1n) is 6.84. The fourth-order valence-corrected chi connectivity index (χ4v) is 1.47. The number of amides is 2. The average Bonchev–Trinajstić information content (AvgIpc) is 2.30. The lowest BCUT2D eigenvalue weighted by Gasteiger charge is -2.23. The number of nitrogens with one attached hydrogen (secondary N) is 2. The zero-order valence-electron chi connectivity index (χ0n) is 13.7. The topological polar surface area (TPSA) is 93.7 Å². The average molecular weight is 302 g/mol. The minimum absolute atomic E-state index is 0.191. The summed E-state index contributed by atoms with van der Waals surface area (Å²) >= 11 is 0. The molecule has 0 aromatic carbocycles. The Kier molecular flexibility index (Phi) is 7.18. The highest BCUT2D eigenvalue weighted by atomic mass is 16.6. The van der Waals surface area contributed by atoms with Crippen LogP contribution in [-0.2, 0) is 19.1 Å². The predicted molar refractivity (Wildman–Crippen MR) is 77.7 cm³/mol. The number of methoxy groups -OCH3 is 1. The fraction of sp³-hybridized carbons (Fsp3) is 0.786. The van der Waals surface area contributed by atoms with Crippen molar-refractivity contribution < 1.29 is 23.9 Å². The van der Waals surface area contributed by atoms with Gasteiger partial charge < -0.3 is 20.1 Å². The van der Waals surface area contributed by atoms with Crippen molar-refractivity contribution in [3.8, 4) is 0 Å². The summed E-state index contributed by atoms with van der Waals surface area (Å²) in [5, 5.41) is 5.13. The Bertz CT molecular complexity index is 385. The second-order valence-corrected chi connectivity index (χ2v) is 6.20. The molecule has 0 aliphatic heterocycles. The molecule has 21 heavy (non-hydrogen) atoms. The van der Waals surface area contributed by atoms with Crippen molar-refractivity contribution in [1.82, 2.24) is 10.6 Å². The van der Waals surface area contributed by atoms with Gasteiger partial charge in [0.25, 0.3) is 0 Å². The molecule has 0 bridgehead atoms. The molecule has 0 radical (unpaired) electrons. The SMILES string of the molecule is COC(=O)C(C)(C)NC(=O)CCCNC(=O)OC(C)(C)C. The number of ether oxygens (including phenoxy) is 2. The van der Waals surface area contributed by atoms with E-state index in [1.165, 1.54) is 7.11 Å². The molecule has 0 atom stereocenters. The van der Waals surface area contributed by atoms with Gasteiger partial charge in [-0.15, -0.1) is 0 Å². The van der Waals surface area contributed by atoms with E-state index in [4.69, 9.17) is 4.74 Å². The van der Waals surface area contributed by atoms with E-state index < -0.39 is 23.2 Å². The lowest BCUT2D eigenvalue weighted by molar-refractivity contribution is -0.149. The monoisotopic (exact) mass is 302 g/mol. The highest BCUT2D eigenvalue weighted by Crippen LogP contribution is 2.07. The van der Waals surface area contributed by atoms with Crippen LogP contribution in [0.2, 0.25) is 0 Å². The van der Waals surface area contributed by atoms with E-state index in [0.717, 1.165) is 0 Å². The highest BCUT2D eigenvalue weighted by Gasteiger charge is 2.30. The molecule has 7 heteroatoms. The molecule has 0 heterocycles. The highest BCUT2D eigenvalue weighted by molar-refractivity contribution is 5.87. The normalized spacial score (nSPS) is 11.5. The number of esters is 1. The van der Waals surface area contributed by atoms with E-state index in [2.05, 4.69) is 15.4 Å². The molecule has 0 spiro atoms. The smallest absolute Gasteiger partial charge is 0.407 e.